The van der Waals surface area contributed by atoms with Crippen LogP contribution >= 0.6 is 0 Å². The van der Waals surface area contributed by atoms with Gasteiger partial charge in [-0.3, -0.25) is 0 Å². The topological polar surface area (TPSA) is 51.8 Å². The third-order valence-corrected chi connectivity index (χ3v) is 11.5. The summed E-state index contributed by atoms with van der Waals surface area (Å²) in [5.74, 6) is 1.84. The lowest BCUT2D eigenvalue weighted by Gasteiger charge is -2.21. The molecule has 0 atom stereocenters. The summed E-state index contributed by atoms with van der Waals surface area (Å²) in [5, 5.41) is 4.39. The van der Waals surface area contributed by atoms with Gasteiger partial charge < -0.3 is 4.42 Å². The van der Waals surface area contributed by atoms with Crippen molar-refractivity contribution in [3.8, 4) is 67.5 Å². The zero-order valence-electron chi connectivity index (χ0n) is 31.0. The van der Waals surface area contributed by atoms with Gasteiger partial charge in [0, 0.05) is 32.9 Å². The maximum Gasteiger partial charge on any atom is 0.164 e. The van der Waals surface area contributed by atoms with Crippen LogP contribution in [0.3, 0.4) is 0 Å². The molecule has 2 heterocycles. The summed E-state index contributed by atoms with van der Waals surface area (Å²) in [7, 11) is 0. The smallest absolute Gasteiger partial charge is 0.164 e. The molecule has 0 amide bonds. The fraction of sp³-hybridized carbons (Fsp3) is 0.0577. The number of fused-ring (bicyclic) bond motifs is 7. The minimum absolute atomic E-state index is 0.163. The zero-order valence-corrected chi connectivity index (χ0v) is 31.0. The summed E-state index contributed by atoms with van der Waals surface area (Å²) in [5.41, 5.74) is 13.8. The fourth-order valence-corrected chi connectivity index (χ4v) is 8.61. The molecule has 1 aliphatic carbocycles. The molecular weight excluding hydrogens is 683 g/mol. The molecule has 4 heteroatoms. The van der Waals surface area contributed by atoms with Crippen LogP contribution in [0.15, 0.2) is 180 Å². The molecule has 0 spiro atoms. The van der Waals surface area contributed by atoms with E-state index < -0.39 is 0 Å². The predicted molar refractivity (Wildman–Crippen MR) is 229 cm³/mol. The second-order valence-corrected chi connectivity index (χ2v) is 15.2. The number of benzene rings is 8. The van der Waals surface area contributed by atoms with Gasteiger partial charge in [-0.05, 0) is 85.6 Å². The molecule has 0 radical (unpaired) electrons. The molecule has 1 aliphatic rings. The van der Waals surface area contributed by atoms with Crippen molar-refractivity contribution >= 4 is 32.7 Å². The van der Waals surface area contributed by atoms with Crippen molar-refractivity contribution in [1.82, 2.24) is 15.0 Å². The lowest BCUT2D eigenvalue weighted by Crippen LogP contribution is -2.15. The van der Waals surface area contributed by atoms with E-state index in [1.54, 1.807) is 0 Å². The summed E-state index contributed by atoms with van der Waals surface area (Å²) in [6.45, 7) is 4.61. The number of furan rings is 1. The first kappa shape index (κ1) is 32.3. The molecule has 0 bridgehead atoms. The summed E-state index contributed by atoms with van der Waals surface area (Å²) in [6.07, 6.45) is 0. The highest BCUT2D eigenvalue weighted by Crippen LogP contribution is 2.49. The first-order chi connectivity index (χ1) is 27.5. The van der Waals surface area contributed by atoms with Crippen LogP contribution in [0.25, 0.3) is 100 Å². The summed E-state index contributed by atoms with van der Waals surface area (Å²) < 4.78 is 6.58. The van der Waals surface area contributed by atoms with Gasteiger partial charge in [-0.25, -0.2) is 15.0 Å². The molecule has 264 valence electrons. The van der Waals surface area contributed by atoms with E-state index in [-0.39, 0.29) is 5.41 Å². The molecule has 0 saturated carbocycles. The van der Waals surface area contributed by atoms with Crippen molar-refractivity contribution in [1.29, 1.82) is 0 Å². The Balaban J connectivity index is 1.14. The molecule has 10 aromatic rings. The third kappa shape index (κ3) is 5.18. The second-order valence-electron chi connectivity index (χ2n) is 15.2. The average molecular weight is 718 g/mol. The molecule has 0 saturated heterocycles. The van der Waals surface area contributed by atoms with Crippen LogP contribution in [-0.2, 0) is 5.41 Å². The van der Waals surface area contributed by atoms with E-state index in [1.807, 2.05) is 18.2 Å². The van der Waals surface area contributed by atoms with Gasteiger partial charge in [0.25, 0.3) is 0 Å². The molecule has 4 nitrogen and oxygen atoms in total. The van der Waals surface area contributed by atoms with Crippen LogP contribution in [0.2, 0.25) is 0 Å². The summed E-state index contributed by atoms with van der Waals surface area (Å²) in [4.78, 5) is 15.9. The van der Waals surface area contributed by atoms with Gasteiger partial charge in [-0.1, -0.05) is 159 Å². The largest absolute Gasteiger partial charge is 0.456 e. The minimum atomic E-state index is -0.163. The number of nitrogens with zero attached hydrogens (tertiary/aromatic N) is 3. The van der Waals surface area contributed by atoms with Crippen LogP contribution in [0, 0.1) is 0 Å². The lowest BCUT2D eigenvalue weighted by atomic mass is 9.82. The van der Waals surface area contributed by atoms with E-state index in [2.05, 4.69) is 172 Å². The highest BCUT2D eigenvalue weighted by molar-refractivity contribution is 6.13. The van der Waals surface area contributed by atoms with Gasteiger partial charge in [-0.2, -0.15) is 0 Å². The monoisotopic (exact) mass is 717 g/mol. The number of rotatable bonds is 5. The molecule has 2 aromatic heterocycles. The molecular formula is C52H35N3O. The highest BCUT2D eigenvalue weighted by Gasteiger charge is 2.35. The molecule has 0 aliphatic heterocycles. The molecule has 0 fully saturated rings. The van der Waals surface area contributed by atoms with E-state index in [1.165, 1.54) is 33.0 Å². The number of aromatic nitrogens is 3. The lowest BCUT2D eigenvalue weighted by molar-refractivity contribution is 0.660. The van der Waals surface area contributed by atoms with Gasteiger partial charge in [0.2, 0.25) is 0 Å². The number of hydrogen-bond acceptors (Lipinski definition) is 4. The summed E-state index contributed by atoms with van der Waals surface area (Å²) in [6, 6.07) is 62.0. The van der Waals surface area contributed by atoms with Crippen molar-refractivity contribution in [2.24, 2.45) is 0 Å². The SMILES string of the molecule is CC1(C)c2ccccc2-c2ccc(-c3nc(-c4ccc(-c5ccccc5)cc4)nc(-c4cc(-c5ccc6ccccc6c5)cc5oc6ccccc6c45)n3)cc21. The van der Waals surface area contributed by atoms with E-state index in [0.717, 1.165) is 60.9 Å². The Bertz CT molecular complexity index is 3160. The molecule has 8 aromatic carbocycles. The standard InChI is InChI=1S/C52H35N3O/c1-52(2)44-18-10-8-16-40(44)41-27-26-38(30-45(41)52)50-53-49(35-23-20-34(21-24-35)32-12-4-3-5-13-32)54-51(55-50)43-29-39(37-25-22-33-14-6-7-15-36(33)28-37)31-47-48(43)42-17-9-11-19-46(42)56-47/h3-31H,1-2H3. The quantitative estimate of drug-likeness (QED) is 0.178. The van der Waals surface area contributed by atoms with E-state index >= 15 is 0 Å². The van der Waals surface area contributed by atoms with Crippen LogP contribution in [-0.4, -0.2) is 15.0 Å². The first-order valence-electron chi connectivity index (χ1n) is 19.1. The number of hydrogen-bond donors (Lipinski definition) is 0. The van der Waals surface area contributed by atoms with Crippen molar-refractivity contribution < 1.29 is 4.42 Å². The zero-order chi connectivity index (χ0) is 37.4. The Labute approximate surface area is 324 Å². The molecule has 11 rings (SSSR count). The van der Waals surface area contributed by atoms with Crippen molar-refractivity contribution in [2.45, 2.75) is 19.3 Å². The molecule has 0 unspecified atom stereocenters. The Hall–Kier alpha value is -7.17. The Morgan fingerprint density at radius 2 is 1.00 bits per heavy atom. The second kappa shape index (κ2) is 12.4. The van der Waals surface area contributed by atoms with E-state index in [9.17, 15) is 0 Å². The van der Waals surface area contributed by atoms with Gasteiger partial charge >= 0.3 is 0 Å². The first-order valence-corrected chi connectivity index (χ1v) is 19.1. The minimum Gasteiger partial charge on any atom is -0.456 e. The van der Waals surface area contributed by atoms with Crippen LogP contribution in [0.4, 0.5) is 0 Å². The average Bonchev–Trinajstić information content (AvgIpc) is 3.75. The maximum absolute atomic E-state index is 6.58. The maximum atomic E-state index is 6.58. The van der Waals surface area contributed by atoms with E-state index in [0.29, 0.717) is 17.5 Å². The normalized spacial score (nSPS) is 13.0. The molecule has 0 N–H and O–H groups in total. The van der Waals surface area contributed by atoms with Crippen molar-refractivity contribution in [3.63, 3.8) is 0 Å². The molecule has 56 heavy (non-hydrogen) atoms. The number of para-hydroxylation sites is 1. The van der Waals surface area contributed by atoms with Gasteiger partial charge in [0.1, 0.15) is 11.2 Å². The van der Waals surface area contributed by atoms with Crippen molar-refractivity contribution in [3.05, 3.63) is 187 Å². The van der Waals surface area contributed by atoms with Crippen molar-refractivity contribution in [2.75, 3.05) is 0 Å². The Kier molecular flexibility index (Phi) is 7.17. The fourth-order valence-electron chi connectivity index (χ4n) is 8.61. The van der Waals surface area contributed by atoms with Gasteiger partial charge in [0.05, 0.1) is 0 Å². The van der Waals surface area contributed by atoms with Crippen LogP contribution < -0.4 is 0 Å². The van der Waals surface area contributed by atoms with E-state index in [4.69, 9.17) is 19.4 Å². The van der Waals surface area contributed by atoms with Gasteiger partial charge in [-0.15, -0.1) is 0 Å². The third-order valence-electron chi connectivity index (χ3n) is 11.5. The highest BCUT2D eigenvalue weighted by atomic mass is 16.3. The predicted octanol–water partition coefficient (Wildman–Crippen LogP) is 13.6. The summed E-state index contributed by atoms with van der Waals surface area (Å²) >= 11 is 0. The van der Waals surface area contributed by atoms with Crippen LogP contribution in [0.5, 0.6) is 0 Å². The Morgan fingerprint density at radius 1 is 0.375 bits per heavy atom. The Morgan fingerprint density at radius 3 is 1.86 bits per heavy atom. The van der Waals surface area contributed by atoms with Gasteiger partial charge in [0.15, 0.2) is 17.5 Å². The van der Waals surface area contributed by atoms with Crippen LogP contribution in [0.1, 0.15) is 25.0 Å².